The summed E-state index contributed by atoms with van der Waals surface area (Å²) in [4.78, 5) is 40.0. The Morgan fingerprint density at radius 1 is 1.06 bits per heavy atom. The molecule has 1 aromatic rings. The van der Waals surface area contributed by atoms with E-state index in [9.17, 15) is 19.5 Å². The first kappa shape index (κ1) is 28.3. The smallest absolute Gasteiger partial charge is 0.408 e. The minimum atomic E-state index is -1.01. The topological polar surface area (TPSA) is 108 Å². The zero-order valence-electron chi connectivity index (χ0n) is 21.0. The summed E-state index contributed by atoms with van der Waals surface area (Å²) >= 11 is 0. The number of nitrogens with zero attached hydrogens (tertiary/aromatic N) is 1. The van der Waals surface area contributed by atoms with Crippen molar-refractivity contribution < 1.29 is 24.2 Å². The first-order chi connectivity index (χ1) is 15.5. The van der Waals surface area contributed by atoms with Crippen LogP contribution in [0.25, 0.3) is 0 Å². The van der Waals surface area contributed by atoms with Crippen LogP contribution in [0.1, 0.15) is 83.9 Å². The highest BCUT2D eigenvalue weighted by molar-refractivity contribution is 5.91. The second-order valence-electron chi connectivity index (χ2n) is 9.21. The summed E-state index contributed by atoms with van der Waals surface area (Å²) in [5.74, 6) is -0.793. The third-order valence-corrected chi connectivity index (χ3v) is 5.06. The Morgan fingerprint density at radius 2 is 1.73 bits per heavy atom. The highest BCUT2D eigenvalue weighted by atomic mass is 16.6. The number of aromatic hydroxyl groups is 1. The van der Waals surface area contributed by atoms with Crippen LogP contribution < -0.4 is 10.6 Å². The highest BCUT2D eigenvalue weighted by Gasteiger charge is 2.33. The van der Waals surface area contributed by atoms with Gasteiger partial charge in [-0.25, -0.2) is 4.79 Å². The predicted octanol–water partition coefficient (Wildman–Crippen LogP) is 4.20. The zero-order valence-corrected chi connectivity index (χ0v) is 21.0. The SMILES string of the molecule is CCCCCNC(=O)C(c1cccc(C)c1O)N(CCCC)C(=O)CNC(=O)OC(C)(C)C. The number of nitrogens with one attached hydrogen (secondary N) is 2. The van der Waals surface area contributed by atoms with Crippen molar-refractivity contribution in [3.63, 3.8) is 0 Å². The van der Waals surface area contributed by atoms with Gasteiger partial charge in [0, 0.05) is 18.7 Å². The summed E-state index contributed by atoms with van der Waals surface area (Å²) in [6, 6.07) is 4.15. The summed E-state index contributed by atoms with van der Waals surface area (Å²) in [7, 11) is 0. The Balaban J connectivity index is 3.19. The van der Waals surface area contributed by atoms with E-state index in [0.717, 1.165) is 25.7 Å². The number of ether oxygens (including phenoxy) is 1. The lowest BCUT2D eigenvalue weighted by molar-refractivity contribution is -0.140. The molecule has 1 aromatic carbocycles. The zero-order chi connectivity index (χ0) is 25.0. The molecule has 0 saturated carbocycles. The van der Waals surface area contributed by atoms with Gasteiger partial charge in [-0.2, -0.15) is 0 Å². The number of carbonyl (C=O) groups is 3. The number of rotatable bonds is 12. The first-order valence-electron chi connectivity index (χ1n) is 11.8. The Hall–Kier alpha value is -2.77. The van der Waals surface area contributed by atoms with E-state index in [-0.39, 0.29) is 18.2 Å². The maximum Gasteiger partial charge on any atom is 0.408 e. The van der Waals surface area contributed by atoms with Crippen molar-refractivity contribution in [2.45, 2.75) is 85.3 Å². The molecule has 1 rings (SSSR count). The number of hydrogen-bond acceptors (Lipinski definition) is 5. The van der Waals surface area contributed by atoms with Gasteiger partial charge in [0.05, 0.1) is 0 Å². The third-order valence-electron chi connectivity index (χ3n) is 5.06. The molecule has 0 aliphatic carbocycles. The molecule has 8 nitrogen and oxygen atoms in total. The molecule has 0 spiro atoms. The van der Waals surface area contributed by atoms with Crippen LogP contribution in [0.5, 0.6) is 5.75 Å². The van der Waals surface area contributed by atoms with Crippen LogP contribution in [0.2, 0.25) is 0 Å². The quantitative estimate of drug-likeness (QED) is 0.403. The number of phenolic OH excluding ortho intramolecular Hbond substituents is 1. The van der Waals surface area contributed by atoms with Crippen molar-refractivity contribution in [2.75, 3.05) is 19.6 Å². The number of phenols is 1. The van der Waals surface area contributed by atoms with Gasteiger partial charge in [0.1, 0.15) is 23.9 Å². The van der Waals surface area contributed by atoms with Crippen molar-refractivity contribution in [3.8, 4) is 5.75 Å². The fraction of sp³-hybridized carbons (Fsp3) is 0.640. The number of para-hydroxylation sites is 1. The molecule has 8 heteroatoms. The molecule has 1 unspecified atom stereocenters. The summed E-state index contributed by atoms with van der Waals surface area (Å²) < 4.78 is 5.21. The van der Waals surface area contributed by atoms with Crippen LogP contribution in [0.3, 0.4) is 0 Å². The van der Waals surface area contributed by atoms with E-state index in [0.29, 0.717) is 30.6 Å². The number of amides is 3. The number of aryl methyl sites for hydroxylation is 1. The normalized spacial score (nSPS) is 12.1. The minimum absolute atomic E-state index is 0.0133. The third kappa shape index (κ3) is 9.72. The van der Waals surface area contributed by atoms with Crippen molar-refractivity contribution >= 4 is 17.9 Å². The summed E-state index contributed by atoms with van der Waals surface area (Å²) in [6.07, 6.45) is 3.62. The Kier molecular flexibility index (Phi) is 11.7. The average Bonchev–Trinajstić information content (AvgIpc) is 2.73. The highest BCUT2D eigenvalue weighted by Crippen LogP contribution is 2.32. The van der Waals surface area contributed by atoms with Gasteiger partial charge in [-0.3, -0.25) is 9.59 Å². The summed E-state index contributed by atoms with van der Waals surface area (Å²) in [5.41, 5.74) is 0.291. The number of unbranched alkanes of at least 4 members (excludes halogenated alkanes) is 3. The van der Waals surface area contributed by atoms with Crippen LogP contribution >= 0.6 is 0 Å². The molecular weight excluding hydrogens is 422 g/mol. The van der Waals surface area contributed by atoms with Crippen LogP contribution in [-0.2, 0) is 14.3 Å². The molecule has 3 N–H and O–H groups in total. The van der Waals surface area contributed by atoms with Crippen molar-refractivity contribution in [1.29, 1.82) is 0 Å². The second-order valence-corrected chi connectivity index (χ2v) is 9.21. The van der Waals surface area contributed by atoms with Gasteiger partial charge in [0.25, 0.3) is 0 Å². The monoisotopic (exact) mass is 463 g/mol. The molecule has 0 saturated heterocycles. The first-order valence-corrected chi connectivity index (χ1v) is 11.8. The summed E-state index contributed by atoms with van der Waals surface area (Å²) in [6.45, 7) is 11.5. The van der Waals surface area contributed by atoms with Crippen LogP contribution in [-0.4, -0.2) is 53.1 Å². The molecule has 1 atom stereocenters. The molecule has 33 heavy (non-hydrogen) atoms. The van der Waals surface area contributed by atoms with Crippen molar-refractivity contribution in [2.24, 2.45) is 0 Å². The number of benzene rings is 1. The predicted molar refractivity (Wildman–Crippen MR) is 129 cm³/mol. The number of hydrogen-bond donors (Lipinski definition) is 3. The Labute approximate surface area is 198 Å². The van der Waals surface area contributed by atoms with E-state index in [1.54, 1.807) is 45.9 Å². The second kappa shape index (κ2) is 13.7. The lowest BCUT2D eigenvalue weighted by atomic mass is 9.99. The molecule has 0 aromatic heterocycles. The molecule has 0 aliphatic rings. The molecule has 3 amide bonds. The van der Waals surface area contributed by atoms with Crippen LogP contribution in [0.4, 0.5) is 4.79 Å². The molecule has 0 bridgehead atoms. The largest absolute Gasteiger partial charge is 0.507 e. The van der Waals surface area contributed by atoms with Crippen molar-refractivity contribution in [1.82, 2.24) is 15.5 Å². The molecule has 186 valence electrons. The van der Waals surface area contributed by atoms with Gasteiger partial charge < -0.3 is 25.4 Å². The molecule has 0 aliphatic heterocycles. The number of carbonyl (C=O) groups excluding carboxylic acids is 3. The maximum atomic E-state index is 13.3. The van der Waals surface area contributed by atoms with E-state index in [2.05, 4.69) is 17.6 Å². The van der Waals surface area contributed by atoms with Gasteiger partial charge in [-0.15, -0.1) is 0 Å². The molecule has 0 radical (unpaired) electrons. The molecular formula is C25H41N3O5. The van der Waals surface area contributed by atoms with E-state index < -0.39 is 23.6 Å². The van der Waals surface area contributed by atoms with Gasteiger partial charge in [0.15, 0.2) is 0 Å². The average molecular weight is 464 g/mol. The fourth-order valence-corrected chi connectivity index (χ4v) is 3.33. The van der Waals surface area contributed by atoms with E-state index >= 15 is 0 Å². The van der Waals surface area contributed by atoms with Gasteiger partial charge in [-0.05, 0) is 46.1 Å². The number of alkyl carbamates (subject to hydrolysis) is 1. The Bertz CT molecular complexity index is 789. The molecule has 0 heterocycles. The Morgan fingerprint density at radius 3 is 2.33 bits per heavy atom. The van der Waals surface area contributed by atoms with Crippen molar-refractivity contribution in [3.05, 3.63) is 29.3 Å². The lowest BCUT2D eigenvalue weighted by Crippen LogP contribution is -2.48. The van der Waals surface area contributed by atoms with Gasteiger partial charge in [-0.1, -0.05) is 51.3 Å². The maximum absolute atomic E-state index is 13.3. The van der Waals surface area contributed by atoms with Gasteiger partial charge in [0.2, 0.25) is 11.8 Å². The van der Waals surface area contributed by atoms with E-state index in [1.165, 1.54) is 4.90 Å². The van der Waals surface area contributed by atoms with Crippen LogP contribution in [0.15, 0.2) is 18.2 Å². The van der Waals surface area contributed by atoms with E-state index in [1.807, 2.05) is 6.92 Å². The van der Waals surface area contributed by atoms with Gasteiger partial charge >= 0.3 is 6.09 Å². The standard InChI is InChI=1S/C25H41N3O5/c1-7-9-11-15-26-23(31)21(19-14-12-13-18(3)22(19)30)28(16-10-8-2)20(29)17-27-24(32)33-25(4,5)6/h12-14,21,30H,7-11,15-17H2,1-6H3,(H,26,31)(H,27,32). The van der Waals surface area contributed by atoms with E-state index in [4.69, 9.17) is 4.74 Å². The molecule has 0 fully saturated rings. The lowest BCUT2D eigenvalue weighted by Gasteiger charge is -2.32. The summed E-state index contributed by atoms with van der Waals surface area (Å²) in [5, 5.41) is 16.1. The van der Waals surface area contributed by atoms with Crippen LogP contribution in [0, 0.1) is 6.92 Å². The fourth-order valence-electron chi connectivity index (χ4n) is 3.33. The minimum Gasteiger partial charge on any atom is -0.507 e.